The predicted octanol–water partition coefficient (Wildman–Crippen LogP) is 1.31. The molecule has 2 rings (SSSR count). The second kappa shape index (κ2) is 5.01. The number of rotatable bonds is 2. The van der Waals surface area contributed by atoms with E-state index in [0.717, 1.165) is 24.1 Å². The molecule has 0 fully saturated rings. The Kier molecular flexibility index (Phi) is 3.44. The van der Waals surface area contributed by atoms with Gasteiger partial charge in [0.15, 0.2) is 0 Å². The van der Waals surface area contributed by atoms with Gasteiger partial charge in [-0.25, -0.2) is 4.79 Å². The minimum atomic E-state index is -0.310. The van der Waals surface area contributed by atoms with Crippen molar-refractivity contribution < 1.29 is 14.6 Å². The molecule has 0 atom stereocenters. The summed E-state index contributed by atoms with van der Waals surface area (Å²) in [7, 11) is 1.38. The van der Waals surface area contributed by atoms with Crippen LogP contribution in [0.25, 0.3) is 5.57 Å². The van der Waals surface area contributed by atoms with E-state index in [4.69, 9.17) is 4.74 Å². The molecule has 0 aliphatic carbocycles. The van der Waals surface area contributed by atoms with E-state index in [1.54, 1.807) is 18.2 Å². The lowest BCUT2D eigenvalue weighted by molar-refractivity contribution is -0.136. The fraction of sp³-hybridized carbons (Fsp3) is 0.308. The number of nitrogens with one attached hydrogen (secondary N) is 1. The zero-order valence-electron chi connectivity index (χ0n) is 9.69. The molecule has 0 aromatic heterocycles. The first-order valence-electron chi connectivity index (χ1n) is 5.53. The highest BCUT2D eigenvalue weighted by Crippen LogP contribution is 2.27. The third kappa shape index (κ3) is 2.47. The summed E-state index contributed by atoms with van der Waals surface area (Å²) in [5.41, 5.74) is 2.47. The Morgan fingerprint density at radius 3 is 3.00 bits per heavy atom. The van der Waals surface area contributed by atoms with Crippen molar-refractivity contribution >= 4 is 11.5 Å². The van der Waals surface area contributed by atoms with Crippen LogP contribution in [-0.4, -0.2) is 31.3 Å². The van der Waals surface area contributed by atoms with E-state index < -0.39 is 0 Å². The average Bonchev–Trinajstić information content (AvgIpc) is 2.38. The molecule has 0 bridgehead atoms. The predicted molar refractivity (Wildman–Crippen MR) is 64.5 cm³/mol. The number of benzene rings is 1. The number of phenolic OH excluding ortho intramolecular Hbond substituents is 1. The molecule has 4 nitrogen and oxygen atoms in total. The first-order valence-corrected chi connectivity index (χ1v) is 5.53. The highest BCUT2D eigenvalue weighted by atomic mass is 16.5. The van der Waals surface area contributed by atoms with Crippen LogP contribution in [0.4, 0.5) is 0 Å². The van der Waals surface area contributed by atoms with Gasteiger partial charge in [-0.3, -0.25) is 0 Å². The number of ether oxygens (including phenoxy) is 1. The first kappa shape index (κ1) is 11.7. The molecule has 1 aliphatic heterocycles. The molecule has 0 unspecified atom stereocenters. The van der Waals surface area contributed by atoms with E-state index in [-0.39, 0.29) is 11.7 Å². The summed E-state index contributed by atoms with van der Waals surface area (Å²) in [6.45, 7) is 1.34. The van der Waals surface area contributed by atoms with E-state index in [1.165, 1.54) is 7.11 Å². The molecule has 0 amide bonds. The van der Waals surface area contributed by atoms with Crippen molar-refractivity contribution in [3.8, 4) is 5.75 Å². The summed E-state index contributed by atoms with van der Waals surface area (Å²) in [4.78, 5) is 11.7. The Labute approximate surface area is 99.9 Å². The van der Waals surface area contributed by atoms with E-state index >= 15 is 0 Å². The molecule has 1 aromatic carbocycles. The van der Waals surface area contributed by atoms with Crippen molar-refractivity contribution in [2.24, 2.45) is 0 Å². The zero-order chi connectivity index (χ0) is 12.3. The summed E-state index contributed by atoms with van der Waals surface area (Å²) in [6, 6.07) is 6.95. The summed E-state index contributed by atoms with van der Waals surface area (Å²) >= 11 is 0. The van der Waals surface area contributed by atoms with E-state index in [2.05, 4.69) is 5.32 Å². The van der Waals surface area contributed by atoms with Crippen LogP contribution in [0.2, 0.25) is 0 Å². The first-order chi connectivity index (χ1) is 8.22. The number of carbonyl (C=O) groups excluding carboxylic acids is 1. The Hall–Kier alpha value is -1.81. The lowest BCUT2D eigenvalue weighted by atomic mass is 9.94. The van der Waals surface area contributed by atoms with Gasteiger partial charge in [0, 0.05) is 6.54 Å². The van der Waals surface area contributed by atoms with Crippen LogP contribution in [-0.2, 0) is 9.53 Å². The molecule has 4 heteroatoms. The summed E-state index contributed by atoms with van der Waals surface area (Å²) < 4.78 is 4.77. The molecule has 0 saturated heterocycles. The molecule has 0 spiro atoms. The van der Waals surface area contributed by atoms with Gasteiger partial charge < -0.3 is 15.2 Å². The number of hydrogen-bond donors (Lipinski definition) is 2. The lowest BCUT2D eigenvalue weighted by Gasteiger charge is -2.20. The molecule has 1 heterocycles. The van der Waals surface area contributed by atoms with Crippen LogP contribution >= 0.6 is 0 Å². The topological polar surface area (TPSA) is 58.6 Å². The van der Waals surface area contributed by atoms with Gasteiger partial charge in [-0.05, 0) is 36.2 Å². The van der Waals surface area contributed by atoms with Crippen molar-refractivity contribution in [1.82, 2.24) is 5.32 Å². The Morgan fingerprint density at radius 2 is 2.29 bits per heavy atom. The average molecular weight is 233 g/mol. The number of methoxy groups -OCH3 is 1. The van der Waals surface area contributed by atoms with Gasteiger partial charge >= 0.3 is 5.97 Å². The molecule has 0 radical (unpaired) electrons. The molecule has 90 valence electrons. The highest BCUT2D eigenvalue weighted by molar-refractivity contribution is 5.98. The molecule has 1 aliphatic rings. The van der Waals surface area contributed by atoms with Crippen molar-refractivity contribution in [1.29, 1.82) is 0 Å². The van der Waals surface area contributed by atoms with Crippen LogP contribution in [0.3, 0.4) is 0 Å². The van der Waals surface area contributed by atoms with Gasteiger partial charge in [0.2, 0.25) is 0 Å². The summed E-state index contributed by atoms with van der Waals surface area (Å²) in [6.07, 6.45) is 0.758. The van der Waals surface area contributed by atoms with Crippen molar-refractivity contribution in [2.75, 3.05) is 20.2 Å². The molecular weight excluding hydrogens is 218 g/mol. The van der Waals surface area contributed by atoms with Crippen molar-refractivity contribution in [2.45, 2.75) is 6.42 Å². The van der Waals surface area contributed by atoms with Crippen molar-refractivity contribution in [3.63, 3.8) is 0 Å². The number of aromatic hydroxyl groups is 1. The molecule has 1 aromatic rings. The summed E-state index contributed by atoms with van der Waals surface area (Å²) in [5, 5.41) is 12.6. The van der Waals surface area contributed by atoms with Gasteiger partial charge in [-0.15, -0.1) is 0 Å². The Balaban J connectivity index is 2.45. The van der Waals surface area contributed by atoms with Gasteiger partial charge in [0.1, 0.15) is 5.75 Å². The SMILES string of the molecule is COC(=O)C1=C(c2cccc(O)c2)CCNC1. The summed E-state index contributed by atoms with van der Waals surface area (Å²) in [5.74, 6) is -0.103. The van der Waals surface area contributed by atoms with Crippen LogP contribution < -0.4 is 5.32 Å². The quantitative estimate of drug-likeness (QED) is 0.756. The van der Waals surface area contributed by atoms with E-state index in [9.17, 15) is 9.90 Å². The largest absolute Gasteiger partial charge is 0.508 e. The van der Waals surface area contributed by atoms with Crippen LogP contribution in [0.1, 0.15) is 12.0 Å². The number of carbonyl (C=O) groups is 1. The lowest BCUT2D eigenvalue weighted by Crippen LogP contribution is -2.28. The highest BCUT2D eigenvalue weighted by Gasteiger charge is 2.20. The van der Waals surface area contributed by atoms with Gasteiger partial charge in [-0.2, -0.15) is 0 Å². The zero-order valence-corrected chi connectivity index (χ0v) is 9.69. The fourth-order valence-corrected chi connectivity index (χ4v) is 2.02. The van der Waals surface area contributed by atoms with Gasteiger partial charge in [0.05, 0.1) is 12.7 Å². The second-order valence-electron chi connectivity index (χ2n) is 3.93. The smallest absolute Gasteiger partial charge is 0.335 e. The Morgan fingerprint density at radius 1 is 1.47 bits per heavy atom. The second-order valence-corrected chi connectivity index (χ2v) is 3.93. The maximum absolute atomic E-state index is 11.7. The minimum absolute atomic E-state index is 0.206. The third-order valence-electron chi connectivity index (χ3n) is 2.84. The van der Waals surface area contributed by atoms with Crippen LogP contribution in [0.5, 0.6) is 5.75 Å². The standard InChI is InChI=1S/C13H15NO3/c1-17-13(16)12-8-14-6-5-11(12)9-3-2-4-10(15)7-9/h2-4,7,14-15H,5-6,8H2,1H3. The van der Waals surface area contributed by atoms with Crippen molar-refractivity contribution in [3.05, 3.63) is 35.4 Å². The molecule has 0 saturated carbocycles. The molecule has 17 heavy (non-hydrogen) atoms. The maximum atomic E-state index is 11.7. The molecular formula is C13H15NO3. The monoisotopic (exact) mass is 233 g/mol. The number of esters is 1. The van der Waals surface area contributed by atoms with E-state index in [1.807, 2.05) is 6.07 Å². The maximum Gasteiger partial charge on any atom is 0.335 e. The minimum Gasteiger partial charge on any atom is -0.508 e. The van der Waals surface area contributed by atoms with Crippen LogP contribution in [0, 0.1) is 0 Å². The van der Waals surface area contributed by atoms with E-state index in [0.29, 0.717) is 12.1 Å². The Bertz CT molecular complexity index is 465. The van der Waals surface area contributed by atoms with Gasteiger partial charge in [-0.1, -0.05) is 12.1 Å². The normalized spacial score (nSPS) is 15.8. The van der Waals surface area contributed by atoms with Gasteiger partial charge in [0.25, 0.3) is 0 Å². The molecule has 2 N–H and O–H groups in total. The third-order valence-corrected chi connectivity index (χ3v) is 2.84. The number of hydrogen-bond acceptors (Lipinski definition) is 4. The number of phenols is 1. The fourth-order valence-electron chi connectivity index (χ4n) is 2.02. The van der Waals surface area contributed by atoms with Crippen LogP contribution in [0.15, 0.2) is 29.8 Å².